The zero-order chi connectivity index (χ0) is 10.7. The predicted octanol–water partition coefficient (Wildman–Crippen LogP) is 1.43. The van der Waals surface area contributed by atoms with Gasteiger partial charge in [0.15, 0.2) is 0 Å². The van der Waals surface area contributed by atoms with Gasteiger partial charge in [-0.05, 0) is 44.0 Å². The first-order valence-electron chi connectivity index (χ1n) is 5.54. The van der Waals surface area contributed by atoms with Crippen molar-refractivity contribution >= 4 is 0 Å². The molecule has 1 fully saturated rings. The number of pyridine rings is 1. The number of nitrogens with zero attached hydrogens (tertiary/aromatic N) is 2. The molecule has 3 heteroatoms. The molecule has 0 bridgehead atoms. The predicted molar refractivity (Wildman–Crippen MR) is 59.3 cm³/mol. The average molecular weight is 206 g/mol. The lowest BCUT2D eigenvalue weighted by Crippen LogP contribution is -2.36. The summed E-state index contributed by atoms with van der Waals surface area (Å²) in [5.74, 6) is 0. The molecule has 82 valence electrons. The van der Waals surface area contributed by atoms with Crippen LogP contribution in [0.4, 0.5) is 0 Å². The second kappa shape index (κ2) is 4.73. The summed E-state index contributed by atoms with van der Waals surface area (Å²) in [4.78, 5) is 6.24. The Morgan fingerprint density at radius 1 is 1.40 bits per heavy atom. The number of hydrogen-bond donors (Lipinski definition) is 1. The fourth-order valence-corrected chi connectivity index (χ4v) is 2.33. The molecule has 1 aliphatic carbocycles. The van der Waals surface area contributed by atoms with Gasteiger partial charge in [-0.1, -0.05) is 0 Å². The molecule has 0 spiro atoms. The Kier molecular flexibility index (Phi) is 3.34. The lowest BCUT2D eigenvalue weighted by molar-refractivity contribution is 0.0825. The maximum Gasteiger partial charge on any atom is 0.0695 e. The fourth-order valence-electron chi connectivity index (χ4n) is 2.33. The molecule has 1 aromatic rings. The van der Waals surface area contributed by atoms with E-state index in [0.29, 0.717) is 6.04 Å². The number of aromatic nitrogens is 1. The van der Waals surface area contributed by atoms with Gasteiger partial charge in [-0.3, -0.25) is 9.88 Å². The van der Waals surface area contributed by atoms with Crippen molar-refractivity contribution < 1.29 is 5.11 Å². The third-order valence-corrected chi connectivity index (χ3v) is 3.19. The summed E-state index contributed by atoms with van der Waals surface area (Å²) < 4.78 is 0. The Hall–Kier alpha value is -0.930. The smallest absolute Gasteiger partial charge is 0.0695 e. The van der Waals surface area contributed by atoms with Crippen LogP contribution in [-0.2, 0) is 6.54 Å². The summed E-state index contributed by atoms with van der Waals surface area (Å²) in [6.45, 7) is 0.893. The molecule has 1 heterocycles. The van der Waals surface area contributed by atoms with Crippen LogP contribution in [0.5, 0.6) is 0 Å². The highest BCUT2D eigenvalue weighted by Crippen LogP contribution is 2.24. The van der Waals surface area contributed by atoms with Gasteiger partial charge in [0.25, 0.3) is 0 Å². The fraction of sp³-hybridized carbons (Fsp3) is 0.583. The lowest BCUT2D eigenvalue weighted by atomic mass is 10.1. The van der Waals surface area contributed by atoms with Gasteiger partial charge < -0.3 is 5.11 Å². The first-order valence-corrected chi connectivity index (χ1v) is 5.54. The Morgan fingerprint density at radius 2 is 2.13 bits per heavy atom. The first-order chi connectivity index (χ1) is 7.27. The van der Waals surface area contributed by atoms with E-state index in [-0.39, 0.29) is 6.10 Å². The minimum Gasteiger partial charge on any atom is -0.391 e. The second-order valence-corrected chi connectivity index (χ2v) is 4.34. The van der Waals surface area contributed by atoms with E-state index in [1.807, 2.05) is 24.5 Å². The van der Waals surface area contributed by atoms with Gasteiger partial charge in [0, 0.05) is 25.0 Å². The molecule has 1 aliphatic rings. The molecule has 1 saturated carbocycles. The summed E-state index contributed by atoms with van der Waals surface area (Å²) in [7, 11) is 2.08. The van der Waals surface area contributed by atoms with E-state index in [0.717, 1.165) is 25.8 Å². The molecule has 0 aromatic carbocycles. The Bertz CT molecular complexity index is 302. The summed E-state index contributed by atoms with van der Waals surface area (Å²) >= 11 is 0. The van der Waals surface area contributed by atoms with Gasteiger partial charge in [-0.2, -0.15) is 0 Å². The van der Waals surface area contributed by atoms with E-state index < -0.39 is 0 Å². The number of aliphatic hydroxyl groups excluding tert-OH is 1. The van der Waals surface area contributed by atoms with E-state index in [9.17, 15) is 5.11 Å². The molecule has 1 N–H and O–H groups in total. The molecule has 0 saturated heterocycles. The minimum absolute atomic E-state index is 0.142. The number of rotatable bonds is 3. The Labute approximate surface area is 90.8 Å². The van der Waals surface area contributed by atoms with Crippen LogP contribution < -0.4 is 0 Å². The van der Waals surface area contributed by atoms with Gasteiger partial charge in [-0.15, -0.1) is 0 Å². The van der Waals surface area contributed by atoms with Gasteiger partial charge in [0.1, 0.15) is 0 Å². The number of hydrogen-bond acceptors (Lipinski definition) is 3. The summed E-state index contributed by atoms with van der Waals surface area (Å²) in [6.07, 6.45) is 6.69. The van der Waals surface area contributed by atoms with Crippen molar-refractivity contribution in [3.05, 3.63) is 30.1 Å². The molecule has 0 radical (unpaired) electrons. The van der Waals surface area contributed by atoms with Crippen molar-refractivity contribution in [3.63, 3.8) is 0 Å². The van der Waals surface area contributed by atoms with Crippen molar-refractivity contribution in [3.8, 4) is 0 Å². The van der Waals surface area contributed by atoms with Gasteiger partial charge >= 0.3 is 0 Å². The van der Waals surface area contributed by atoms with E-state index in [1.165, 1.54) is 5.56 Å². The van der Waals surface area contributed by atoms with E-state index in [1.54, 1.807) is 0 Å². The standard InChI is InChI=1S/C12H18N2O/c1-14(11-3-2-4-12(11)15)9-10-5-7-13-8-6-10/h5-8,11-12,15H,2-4,9H2,1H3/t11-,12-/m0/s1. The quantitative estimate of drug-likeness (QED) is 0.812. The monoisotopic (exact) mass is 206 g/mol. The zero-order valence-corrected chi connectivity index (χ0v) is 9.13. The van der Waals surface area contributed by atoms with Crippen molar-refractivity contribution in [1.29, 1.82) is 0 Å². The Morgan fingerprint density at radius 3 is 2.73 bits per heavy atom. The van der Waals surface area contributed by atoms with Crippen LogP contribution in [0.15, 0.2) is 24.5 Å². The molecule has 3 nitrogen and oxygen atoms in total. The van der Waals surface area contributed by atoms with Gasteiger partial charge in [-0.25, -0.2) is 0 Å². The third-order valence-electron chi connectivity index (χ3n) is 3.19. The summed E-state index contributed by atoms with van der Waals surface area (Å²) in [5.41, 5.74) is 1.26. The van der Waals surface area contributed by atoms with Crippen LogP contribution in [0.2, 0.25) is 0 Å². The molecule has 0 aliphatic heterocycles. The maximum atomic E-state index is 9.78. The molecular formula is C12H18N2O. The van der Waals surface area contributed by atoms with Crippen LogP contribution in [0, 0.1) is 0 Å². The number of aliphatic hydroxyl groups is 1. The van der Waals surface area contributed by atoms with Crippen LogP contribution in [-0.4, -0.2) is 34.2 Å². The van der Waals surface area contributed by atoms with Crippen molar-refractivity contribution in [2.45, 2.75) is 38.0 Å². The van der Waals surface area contributed by atoms with Gasteiger partial charge in [0.05, 0.1) is 6.10 Å². The van der Waals surface area contributed by atoms with Gasteiger partial charge in [0.2, 0.25) is 0 Å². The van der Waals surface area contributed by atoms with E-state index in [4.69, 9.17) is 0 Å². The Balaban J connectivity index is 1.94. The highest BCUT2D eigenvalue weighted by molar-refractivity contribution is 5.09. The van der Waals surface area contributed by atoms with Crippen molar-refractivity contribution in [1.82, 2.24) is 9.88 Å². The zero-order valence-electron chi connectivity index (χ0n) is 9.13. The summed E-state index contributed by atoms with van der Waals surface area (Å²) in [5, 5.41) is 9.78. The van der Waals surface area contributed by atoms with Crippen LogP contribution >= 0.6 is 0 Å². The van der Waals surface area contributed by atoms with Crippen molar-refractivity contribution in [2.24, 2.45) is 0 Å². The SMILES string of the molecule is CN(Cc1ccncc1)[C@H]1CCC[C@@H]1O. The highest BCUT2D eigenvalue weighted by Gasteiger charge is 2.28. The highest BCUT2D eigenvalue weighted by atomic mass is 16.3. The topological polar surface area (TPSA) is 36.4 Å². The van der Waals surface area contributed by atoms with Crippen molar-refractivity contribution in [2.75, 3.05) is 7.05 Å². The number of likely N-dealkylation sites (N-methyl/N-ethyl adjacent to an activating group) is 1. The molecular weight excluding hydrogens is 188 g/mol. The summed E-state index contributed by atoms with van der Waals surface area (Å²) in [6, 6.07) is 4.38. The molecule has 0 unspecified atom stereocenters. The molecule has 2 rings (SSSR count). The lowest BCUT2D eigenvalue weighted by Gasteiger charge is -2.26. The molecule has 1 aromatic heterocycles. The van der Waals surface area contributed by atoms with Crippen LogP contribution in [0.25, 0.3) is 0 Å². The van der Waals surface area contributed by atoms with E-state index >= 15 is 0 Å². The normalized spacial score (nSPS) is 26.1. The molecule has 2 atom stereocenters. The average Bonchev–Trinajstić information content (AvgIpc) is 2.66. The maximum absolute atomic E-state index is 9.78. The first kappa shape index (κ1) is 10.6. The molecule has 15 heavy (non-hydrogen) atoms. The van der Waals surface area contributed by atoms with Crippen LogP contribution in [0.1, 0.15) is 24.8 Å². The largest absolute Gasteiger partial charge is 0.391 e. The third kappa shape index (κ3) is 2.55. The van der Waals surface area contributed by atoms with E-state index in [2.05, 4.69) is 16.9 Å². The second-order valence-electron chi connectivity index (χ2n) is 4.34. The minimum atomic E-state index is -0.142. The van der Waals surface area contributed by atoms with Crippen LogP contribution in [0.3, 0.4) is 0 Å². The molecule has 0 amide bonds.